The number of nitrogens with zero attached hydrogens (tertiary/aromatic N) is 3. The van der Waals surface area contributed by atoms with Gasteiger partial charge in [0.2, 0.25) is 5.91 Å². The molecule has 2 heterocycles. The van der Waals surface area contributed by atoms with Gasteiger partial charge in [-0.25, -0.2) is 0 Å². The maximum Gasteiger partial charge on any atom is 0.393 e. The predicted octanol–water partition coefficient (Wildman–Crippen LogP) is 2.66. The van der Waals surface area contributed by atoms with Crippen molar-refractivity contribution in [2.75, 3.05) is 7.11 Å². The van der Waals surface area contributed by atoms with Crippen LogP contribution in [-0.4, -0.2) is 34.0 Å². The van der Waals surface area contributed by atoms with Crippen LogP contribution in [0, 0.1) is 5.92 Å². The van der Waals surface area contributed by atoms with E-state index >= 15 is 0 Å². The topological polar surface area (TPSA) is 69.0 Å². The summed E-state index contributed by atoms with van der Waals surface area (Å²) in [6.45, 7) is -0.130. The number of hydrogen-bond donors (Lipinski definition) is 1. The van der Waals surface area contributed by atoms with Gasteiger partial charge in [-0.15, -0.1) is 10.2 Å². The lowest BCUT2D eigenvalue weighted by atomic mass is 9.99. The second-order valence-corrected chi connectivity index (χ2v) is 6.55. The van der Waals surface area contributed by atoms with Gasteiger partial charge < -0.3 is 14.6 Å². The number of aromatic nitrogens is 3. The highest BCUT2D eigenvalue weighted by molar-refractivity contribution is 5.76. The van der Waals surface area contributed by atoms with Gasteiger partial charge in [-0.2, -0.15) is 13.2 Å². The maximum atomic E-state index is 13.0. The fourth-order valence-electron chi connectivity index (χ4n) is 3.13. The number of aryl methyl sites for hydroxylation is 2. The first-order valence-electron chi connectivity index (χ1n) is 8.74. The minimum Gasteiger partial charge on any atom is -0.497 e. The molecule has 1 atom stereocenters. The molecule has 0 radical (unpaired) electrons. The first kappa shape index (κ1) is 19.2. The van der Waals surface area contributed by atoms with E-state index in [-0.39, 0.29) is 38.3 Å². The van der Waals surface area contributed by atoms with Crippen LogP contribution in [0.15, 0.2) is 24.3 Å². The highest BCUT2D eigenvalue weighted by Gasteiger charge is 2.42. The second kappa shape index (κ2) is 7.98. The molecule has 1 N–H and O–H groups in total. The summed E-state index contributed by atoms with van der Waals surface area (Å²) in [5.74, 6) is 0.0221. The van der Waals surface area contributed by atoms with Gasteiger partial charge in [-0.05, 0) is 30.5 Å². The molecule has 0 aliphatic carbocycles. The molecular formula is C18H21F3N4O2. The van der Waals surface area contributed by atoms with Crippen LogP contribution in [0.5, 0.6) is 5.75 Å². The lowest BCUT2D eigenvalue weighted by molar-refractivity contribution is -0.182. The molecule has 0 fully saturated rings. The molecule has 0 spiro atoms. The lowest BCUT2D eigenvalue weighted by Gasteiger charge is -2.26. The zero-order valence-electron chi connectivity index (χ0n) is 14.9. The molecule has 1 amide bonds. The van der Waals surface area contributed by atoms with Crippen molar-refractivity contribution in [2.24, 2.45) is 5.92 Å². The molecule has 2 aromatic rings. The number of amides is 1. The number of carbonyl (C=O) groups is 1. The van der Waals surface area contributed by atoms with Crippen LogP contribution in [0.25, 0.3) is 0 Å². The average Bonchev–Trinajstić information content (AvgIpc) is 3.06. The number of halogens is 3. The zero-order valence-corrected chi connectivity index (χ0v) is 14.9. The van der Waals surface area contributed by atoms with Crippen LogP contribution in [0.3, 0.4) is 0 Å². The van der Waals surface area contributed by atoms with Crippen LogP contribution < -0.4 is 10.1 Å². The maximum absolute atomic E-state index is 13.0. The van der Waals surface area contributed by atoms with Crippen molar-refractivity contribution < 1.29 is 22.7 Å². The standard InChI is InChI=1S/C18H21F3N4O2/c1-27-14-4-2-3-12(9-14)5-8-17(26)22-10-16-24-23-15-7-6-13(11-25(15)16)18(19,20)21/h2-4,9,13H,5-8,10-11H2,1H3,(H,22,26). The van der Waals surface area contributed by atoms with Crippen LogP contribution in [0.2, 0.25) is 0 Å². The third-order valence-electron chi connectivity index (χ3n) is 4.70. The van der Waals surface area contributed by atoms with E-state index in [0.717, 1.165) is 11.3 Å². The summed E-state index contributed by atoms with van der Waals surface area (Å²) in [4.78, 5) is 12.1. The van der Waals surface area contributed by atoms with Crippen molar-refractivity contribution in [3.05, 3.63) is 41.5 Å². The second-order valence-electron chi connectivity index (χ2n) is 6.55. The number of benzene rings is 1. The Balaban J connectivity index is 1.53. The summed E-state index contributed by atoms with van der Waals surface area (Å²) < 4.78 is 45.5. The largest absolute Gasteiger partial charge is 0.497 e. The number of carbonyl (C=O) groups excluding carboxylic acids is 1. The van der Waals surface area contributed by atoms with Gasteiger partial charge in [0.05, 0.1) is 19.6 Å². The molecule has 6 nitrogen and oxygen atoms in total. The minimum absolute atomic E-state index is 0.0224. The Morgan fingerprint density at radius 2 is 2.19 bits per heavy atom. The lowest BCUT2D eigenvalue weighted by Crippen LogP contribution is -2.34. The quantitative estimate of drug-likeness (QED) is 0.834. The number of hydrogen-bond acceptors (Lipinski definition) is 4. The highest BCUT2D eigenvalue weighted by atomic mass is 19.4. The van der Waals surface area contributed by atoms with Crippen LogP contribution >= 0.6 is 0 Å². The first-order chi connectivity index (χ1) is 12.9. The van der Waals surface area contributed by atoms with E-state index < -0.39 is 12.1 Å². The summed E-state index contributed by atoms with van der Waals surface area (Å²) in [5.41, 5.74) is 0.970. The van der Waals surface area contributed by atoms with Gasteiger partial charge in [-0.1, -0.05) is 12.1 Å². The molecule has 9 heteroatoms. The van der Waals surface area contributed by atoms with E-state index in [2.05, 4.69) is 15.5 Å². The van der Waals surface area contributed by atoms with E-state index in [1.807, 2.05) is 24.3 Å². The molecule has 27 heavy (non-hydrogen) atoms. The van der Waals surface area contributed by atoms with Crippen LogP contribution in [0.4, 0.5) is 13.2 Å². The Hall–Kier alpha value is -2.58. The van der Waals surface area contributed by atoms with Crippen molar-refractivity contribution >= 4 is 5.91 Å². The Morgan fingerprint density at radius 3 is 2.93 bits per heavy atom. The molecule has 0 saturated heterocycles. The number of ether oxygens (including phenoxy) is 1. The summed E-state index contributed by atoms with van der Waals surface area (Å²) in [5, 5.41) is 10.6. The Morgan fingerprint density at radius 1 is 1.37 bits per heavy atom. The molecule has 3 rings (SSSR count). The smallest absolute Gasteiger partial charge is 0.393 e. The normalized spacial score (nSPS) is 16.7. The molecule has 1 aromatic carbocycles. The Bertz CT molecular complexity index is 804. The predicted molar refractivity (Wildman–Crippen MR) is 91.0 cm³/mol. The van der Waals surface area contributed by atoms with Gasteiger partial charge >= 0.3 is 6.18 Å². The fourth-order valence-corrected chi connectivity index (χ4v) is 3.13. The molecule has 1 aromatic heterocycles. The summed E-state index contributed by atoms with van der Waals surface area (Å²) in [6.07, 6.45) is -3.18. The Kier molecular flexibility index (Phi) is 5.67. The average molecular weight is 382 g/mol. The van der Waals surface area contributed by atoms with E-state index in [0.29, 0.717) is 18.1 Å². The minimum atomic E-state index is -4.24. The van der Waals surface area contributed by atoms with Crippen molar-refractivity contribution in [2.45, 2.75) is 44.9 Å². The number of fused-ring (bicyclic) bond motifs is 1. The van der Waals surface area contributed by atoms with Gasteiger partial charge in [0.15, 0.2) is 5.82 Å². The van der Waals surface area contributed by atoms with Crippen molar-refractivity contribution in [3.63, 3.8) is 0 Å². The van der Waals surface area contributed by atoms with Gasteiger partial charge in [0.25, 0.3) is 0 Å². The zero-order chi connectivity index (χ0) is 19.4. The van der Waals surface area contributed by atoms with E-state index in [9.17, 15) is 18.0 Å². The van der Waals surface area contributed by atoms with Gasteiger partial charge in [0.1, 0.15) is 11.6 Å². The van der Waals surface area contributed by atoms with Crippen molar-refractivity contribution in [1.29, 1.82) is 0 Å². The molecule has 0 saturated carbocycles. The fraction of sp³-hybridized carbons (Fsp3) is 0.500. The molecule has 0 bridgehead atoms. The number of nitrogens with one attached hydrogen (secondary N) is 1. The monoisotopic (exact) mass is 382 g/mol. The molecule has 146 valence electrons. The van der Waals surface area contributed by atoms with Crippen LogP contribution in [0.1, 0.15) is 30.1 Å². The third-order valence-corrected chi connectivity index (χ3v) is 4.70. The van der Waals surface area contributed by atoms with E-state index in [1.165, 1.54) is 4.57 Å². The van der Waals surface area contributed by atoms with Crippen molar-refractivity contribution in [3.8, 4) is 5.75 Å². The molecule has 1 unspecified atom stereocenters. The summed E-state index contributed by atoms with van der Waals surface area (Å²) in [6, 6.07) is 7.44. The van der Waals surface area contributed by atoms with Gasteiger partial charge in [0, 0.05) is 19.4 Å². The van der Waals surface area contributed by atoms with E-state index in [4.69, 9.17) is 4.74 Å². The molecular weight excluding hydrogens is 361 g/mol. The number of alkyl halides is 3. The van der Waals surface area contributed by atoms with E-state index in [1.54, 1.807) is 7.11 Å². The van der Waals surface area contributed by atoms with Crippen molar-refractivity contribution in [1.82, 2.24) is 20.1 Å². The number of methoxy groups -OCH3 is 1. The first-order valence-corrected chi connectivity index (χ1v) is 8.74. The highest BCUT2D eigenvalue weighted by Crippen LogP contribution is 2.34. The third kappa shape index (κ3) is 4.78. The van der Waals surface area contributed by atoms with Gasteiger partial charge in [-0.3, -0.25) is 4.79 Å². The van der Waals surface area contributed by atoms with Crippen LogP contribution in [-0.2, 0) is 30.7 Å². The molecule has 1 aliphatic heterocycles. The number of rotatable bonds is 6. The molecule has 1 aliphatic rings. The SMILES string of the molecule is COc1cccc(CCC(=O)NCc2nnc3n2CC(C(F)(F)F)CC3)c1. The Labute approximate surface area is 154 Å². The summed E-state index contributed by atoms with van der Waals surface area (Å²) in [7, 11) is 1.58. The summed E-state index contributed by atoms with van der Waals surface area (Å²) >= 11 is 0.